The van der Waals surface area contributed by atoms with Gasteiger partial charge in [-0.1, -0.05) is 29.8 Å². The summed E-state index contributed by atoms with van der Waals surface area (Å²) in [5.74, 6) is 0.0479. The zero-order valence-corrected chi connectivity index (χ0v) is 18.5. The fraction of sp³-hybridized carbons (Fsp3) is 0.174. The van der Waals surface area contributed by atoms with Crippen LogP contribution in [0.1, 0.15) is 5.69 Å². The van der Waals surface area contributed by atoms with Gasteiger partial charge in [-0.15, -0.1) is 0 Å². The van der Waals surface area contributed by atoms with Crippen LogP contribution in [0.5, 0.6) is 5.75 Å². The van der Waals surface area contributed by atoms with Gasteiger partial charge in [0, 0.05) is 18.4 Å². The molecular formula is C23H21ClN4O4. The molecule has 9 heteroatoms. The lowest BCUT2D eigenvalue weighted by Gasteiger charge is -2.13. The summed E-state index contributed by atoms with van der Waals surface area (Å²) in [6.45, 7) is 1.55. The summed E-state index contributed by atoms with van der Waals surface area (Å²) in [4.78, 5) is 39.4. The molecule has 0 aliphatic heterocycles. The van der Waals surface area contributed by atoms with Crippen molar-refractivity contribution in [2.75, 3.05) is 12.4 Å². The quantitative estimate of drug-likeness (QED) is 0.504. The predicted octanol–water partition coefficient (Wildman–Crippen LogP) is 3.10. The predicted molar refractivity (Wildman–Crippen MR) is 124 cm³/mol. The van der Waals surface area contributed by atoms with E-state index in [1.807, 2.05) is 6.92 Å². The minimum Gasteiger partial charge on any atom is -0.495 e. The van der Waals surface area contributed by atoms with E-state index < -0.39 is 17.2 Å². The number of carbonyl (C=O) groups is 1. The molecule has 2 aromatic carbocycles. The molecule has 1 amide bonds. The number of nitrogens with zero attached hydrogens (tertiary/aromatic N) is 3. The van der Waals surface area contributed by atoms with E-state index >= 15 is 0 Å². The number of fused-ring (bicyclic) bond motifs is 1. The number of hydrogen-bond donors (Lipinski definition) is 1. The van der Waals surface area contributed by atoms with Crippen LogP contribution in [0, 0.1) is 6.92 Å². The van der Waals surface area contributed by atoms with Gasteiger partial charge >= 0.3 is 5.69 Å². The van der Waals surface area contributed by atoms with Gasteiger partial charge in [-0.2, -0.15) is 0 Å². The number of ether oxygens (including phenoxy) is 1. The molecule has 0 aliphatic carbocycles. The summed E-state index contributed by atoms with van der Waals surface area (Å²) in [7, 11) is 3.25. The number of benzene rings is 2. The van der Waals surface area contributed by atoms with Gasteiger partial charge in [0.05, 0.1) is 23.3 Å². The molecule has 1 N–H and O–H groups in total. The molecule has 4 aromatic rings. The number of carbonyl (C=O) groups excluding carboxylic acids is 1. The molecular weight excluding hydrogens is 432 g/mol. The number of amides is 1. The molecule has 8 nitrogen and oxygen atoms in total. The number of rotatable bonds is 5. The first-order valence-corrected chi connectivity index (χ1v) is 10.2. The van der Waals surface area contributed by atoms with Crippen LogP contribution in [0.15, 0.2) is 64.2 Å². The molecule has 0 spiro atoms. The molecule has 0 saturated heterocycles. The highest BCUT2D eigenvalue weighted by atomic mass is 35.5. The number of nitrogens with one attached hydrogen (secondary N) is 1. The molecule has 4 rings (SSSR count). The lowest BCUT2D eigenvalue weighted by atomic mass is 10.3. The number of para-hydroxylation sites is 1. The van der Waals surface area contributed by atoms with Crippen molar-refractivity contribution < 1.29 is 9.53 Å². The van der Waals surface area contributed by atoms with Gasteiger partial charge in [0.1, 0.15) is 17.8 Å². The van der Waals surface area contributed by atoms with E-state index in [0.717, 1.165) is 10.3 Å². The topological polar surface area (TPSA) is 87.3 Å². The summed E-state index contributed by atoms with van der Waals surface area (Å²) in [6.07, 6.45) is 0. The number of anilines is 1. The van der Waals surface area contributed by atoms with Crippen LogP contribution in [0.2, 0.25) is 5.02 Å². The molecule has 32 heavy (non-hydrogen) atoms. The average Bonchev–Trinajstić information content (AvgIpc) is 3.07. The molecule has 0 fully saturated rings. The van der Waals surface area contributed by atoms with E-state index in [1.54, 1.807) is 66.2 Å². The summed E-state index contributed by atoms with van der Waals surface area (Å²) in [5.41, 5.74) is 1.39. The Bertz CT molecular complexity index is 1450. The molecule has 164 valence electrons. The van der Waals surface area contributed by atoms with Crippen LogP contribution < -0.4 is 21.3 Å². The SMILES string of the molecule is COc1ccc(NC(=O)Cn2c(=O)n(-c3ccccc3)c(=O)c3c2cc(C)n3C)cc1Cl. The zero-order valence-electron chi connectivity index (χ0n) is 17.8. The Morgan fingerprint density at radius 2 is 1.81 bits per heavy atom. The number of aromatic nitrogens is 3. The molecule has 0 saturated carbocycles. The Kier molecular flexibility index (Phi) is 5.63. The van der Waals surface area contributed by atoms with Crippen molar-refractivity contribution in [1.29, 1.82) is 0 Å². The van der Waals surface area contributed by atoms with Crippen LogP contribution in [0.25, 0.3) is 16.7 Å². The number of halogens is 1. The molecule has 2 heterocycles. The third-order valence-corrected chi connectivity index (χ3v) is 5.62. The van der Waals surface area contributed by atoms with Crippen LogP contribution in [-0.4, -0.2) is 26.7 Å². The van der Waals surface area contributed by atoms with E-state index in [2.05, 4.69) is 5.32 Å². The minimum absolute atomic E-state index is 0.282. The van der Waals surface area contributed by atoms with Gasteiger partial charge in [-0.3, -0.25) is 14.2 Å². The Hall–Kier alpha value is -3.78. The van der Waals surface area contributed by atoms with Crippen molar-refractivity contribution in [2.45, 2.75) is 13.5 Å². The maximum atomic E-state index is 13.3. The lowest BCUT2D eigenvalue weighted by molar-refractivity contribution is -0.116. The van der Waals surface area contributed by atoms with E-state index in [1.165, 1.54) is 11.7 Å². The van der Waals surface area contributed by atoms with Crippen molar-refractivity contribution in [2.24, 2.45) is 7.05 Å². The molecule has 2 aromatic heterocycles. The van der Waals surface area contributed by atoms with Gasteiger partial charge in [0.15, 0.2) is 0 Å². The van der Waals surface area contributed by atoms with Crippen LogP contribution in [0.3, 0.4) is 0 Å². The van der Waals surface area contributed by atoms with Crippen LogP contribution >= 0.6 is 11.6 Å². The number of hydrogen-bond acceptors (Lipinski definition) is 4. The monoisotopic (exact) mass is 452 g/mol. The fourth-order valence-electron chi connectivity index (χ4n) is 3.63. The second-order valence-electron chi connectivity index (χ2n) is 7.32. The Morgan fingerprint density at radius 1 is 1.09 bits per heavy atom. The second kappa shape index (κ2) is 8.39. The Balaban J connectivity index is 1.81. The van der Waals surface area contributed by atoms with E-state index in [4.69, 9.17) is 16.3 Å². The molecule has 0 bridgehead atoms. The lowest BCUT2D eigenvalue weighted by Crippen LogP contribution is -2.41. The van der Waals surface area contributed by atoms with E-state index in [-0.39, 0.29) is 6.54 Å². The van der Waals surface area contributed by atoms with Crippen molar-refractivity contribution >= 4 is 34.2 Å². The van der Waals surface area contributed by atoms with Crippen molar-refractivity contribution in [3.8, 4) is 11.4 Å². The first-order chi connectivity index (χ1) is 15.3. The summed E-state index contributed by atoms with van der Waals surface area (Å²) in [6, 6.07) is 15.2. The normalized spacial score (nSPS) is 11.0. The van der Waals surface area contributed by atoms with Gasteiger partial charge in [0.25, 0.3) is 5.56 Å². The highest BCUT2D eigenvalue weighted by molar-refractivity contribution is 6.32. The van der Waals surface area contributed by atoms with Crippen molar-refractivity contribution in [3.05, 3.63) is 86.2 Å². The van der Waals surface area contributed by atoms with Crippen molar-refractivity contribution in [3.63, 3.8) is 0 Å². The molecule has 0 radical (unpaired) electrons. The molecule has 0 unspecified atom stereocenters. The third kappa shape index (κ3) is 3.69. The first-order valence-electron chi connectivity index (χ1n) is 9.82. The van der Waals surface area contributed by atoms with Gasteiger partial charge in [-0.05, 0) is 43.3 Å². The Labute approximate surface area is 188 Å². The van der Waals surface area contributed by atoms with Crippen molar-refractivity contribution in [1.82, 2.24) is 13.7 Å². The zero-order chi connectivity index (χ0) is 23.0. The summed E-state index contributed by atoms with van der Waals surface area (Å²) >= 11 is 6.13. The number of aryl methyl sites for hydroxylation is 2. The highest BCUT2D eigenvalue weighted by Crippen LogP contribution is 2.27. The summed E-state index contributed by atoms with van der Waals surface area (Å²) in [5, 5.41) is 3.09. The third-order valence-electron chi connectivity index (χ3n) is 5.32. The maximum Gasteiger partial charge on any atom is 0.336 e. The summed E-state index contributed by atoms with van der Waals surface area (Å²) < 4.78 is 9.22. The van der Waals surface area contributed by atoms with Crippen LogP contribution in [0.4, 0.5) is 5.69 Å². The molecule has 0 atom stereocenters. The fourth-order valence-corrected chi connectivity index (χ4v) is 3.89. The van der Waals surface area contributed by atoms with E-state index in [9.17, 15) is 14.4 Å². The van der Waals surface area contributed by atoms with Gasteiger partial charge in [0.2, 0.25) is 5.91 Å². The molecule has 0 aliphatic rings. The second-order valence-corrected chi connectivity index (χ2v) is 7.73. The standard InChI is InChI=1S/C23H21ClN4O4/c1-14-11-18-21(26(14)2)22(30)28(16-7-5-4-6-8-16)23(31)27(18)13-20(29)25-15-9-10-19(32-3)17(24)12-15/h4-12H,13H2,1-3H3,(H,25,29). The minimum atomic E-state index is -0.595. The maximum absolute atomic E-state index is 13.3. The largest absolute Gasteiger partial charge is 0.495 e. The van der Waals surface area contributed by atoms with E-state index in [0.29, 0.717) is 33.2 Å². The Morgan fingerprint density at radius 3 is 2.47 bits per heavy atom. The average molecular weight is 453 g/mol. The first kappa shape index (κ1) is 21.5. The number of methoxy groups -OCH3 is 1. The smallest absolute Gasteiger partial charge is 0.336 e. The van der Waals surface area contributed by atoms with Gasteiger partial charge < -0.3 is 14.6 Å². The highest BCUT2D eigenvalue weighted by Gasteiger charge is 2.20. The van der Waals surface area contributed by atoms with Gasteiger partial charge in [-0.25, -0.2) is 9.36 Å². The van der Waals surface area contributed by atoms with Crippen LogP contribution in [-0.2, 0) is 18.4 Å².